The summed E-state index contributed by atoms with van der Waals surface area (Å²) >= 11 is 0. The third kappa shape index (κ3) is 6.41. The molecule has 8 heteroatoms. The Labute approximate surface area is 159 Å². The SMILES string of the molecule is COc1ccc(CNC(=O)c2cnc(NCCCN(C)C)nc2)cc1OC. The molecule has 0 atom stereocenters. The lowest BCUT2D eigenvalue weighted by molar-refractivity contribution is 0.0950. The van der Waals surface area contributed by atoms with Gasteiger partial charge in [0.05, 0.1) is 19.8 Å². The van der Waals surface area contributed by atoms with E-state index in [0.29, 0.717) is 29.6 Å². The van der Waals surface area contributed by atoms with Gasteiger partial charge < -0.3 is 25.0 Å². The second-order valence-electron chi connectivity index (χ2n) is 6.25. The van der Waals surface area contributed by atoms with E-state index >= 15 is 0 Å². The Morgan fingerprint density at radius 1 is 1.11 bits per heavy atom. The third-order valence-electron chi connectivity index (χ3n) is 3.88. The molecule has 0 saturated heterocycles. The Kier molecular flexibility index (Phi) is 7.81. The predicted molar refractivity (Wildman–Crippen MR) is 104 cm³/mol. The van der Waals surface area contributed by atoms with Crippen LogP contribution in [0.3, 0.4) is 0 Å². The molecular weight excluding hydrogens is 346 g/mol. The van der Waals surface area contributed by atoms with E-state index in [-0.39, 0.29) is 5.91 Å². The number of anilines is 1. The topological polar surface area (TPSA) is 88.6 Å². The third-order valence-corrected chi connectivity index (χ3v) is 3.88. The number of rotatable bonds is 10. The summed E-state index contributed by atoms with van der Waals surface area (Å²) in [5, 5.41) is 5.99. The molecule has 0 radical (unpaired) electrons. The highest BCUT2D eigenvalue weighted by molar-refractivity contribution is 5.93. The van der Waals surface area contributed by atoms with Gasteiger partial charge in [-0.2, -0.15) is 0 Å². The molecule has 2 N–H and O–H groups in total. The maximum atomic E-state index is 12.3. The number of nitrogens with one attached hydrogen (secondary N) is 2. The number of ether oxygens (including phenoxy) is 2. The Morgan fingerprint density at radius 3 is 2.44 bits per heavy atom. The standard InChI is InChI=1S/C19H27N5O3/c1-24(2)9-5-8-20-19-22-12-15(13-23-19)18(25)21-11-14-6-7-16(26-3)17(10-14)27-4/h6-7,10,12-13H,5,8-9,11H2,1-4H3,(H,21,25)(H,20,22,23). The largest absolute Gasteiger partial charge is 0.493 e. The number of aromatic nitrogens is 2. The van der Waals surface area contributed by atoms with Gasteiger partial charge in [0.1, 0.15) is 0 Å². The van der Waals surface area contributed by atoms with Crippen LogP contribution in [0.25, 0.3) is 0 Å². The highest BCUT2D eigenvalue weighted by Gasteiger charge is 2.09. The molecule has 0 aliphatic heterocycles. The second kappa shape index (κ2) is 10.3. The monoisotopic (exact) mass is 373 g/mol. The van der Waals surface area contributed by atoms with Crippen LogP contribution in [0.2, 0.25) is 0 Å². The van der Waals surface area contributed by atoms with Crippen molar-refractivity contribution in [3.8, 4) is 11.5 Å². The van der Waals surface area contributed by atoms with Crippen LogP contribution >= 0.6 is 0 Å². The van der Waals surface area contributed by atoms with Gasteiger partial charge in [-0.1, -0.05) is 6.07 Å². The molecule has 1 aromatic carbocycles. The molecule has 0 fully saturated rings. The van der Waals surface area contributed by atoms with Crippen molar-refractivity contribution in [3.63, 3.8) is 0 Å². The Hall–Kier alpha value is -2.87. The smallest absolute Gasteiger partial charge is 0.254 e. The van der Waals surface area contributed by atoms with Crippen LogP contribution in [0.15, 0.2) is 30.6 Å². The quantitative estimate of drug-likeness (QED) is 0.614. The van der Waals surface area contributed by atoms with Gasteiger partial charge in [0.15, 0.2) is 11.5 Å². The maximum absolute atomic E-state index is 12.3. The summed E-state index contributed by atoms with van der Waals surface area (Å²) < 4.78 is 10.5. The average Bonchev–Trinajstić information content (AvgIpc) is 2.69. The summed E-state index contributed by atoms with van der Waals surface area (Å²) in [7, 11) is 7.23. The lowest BCUT2D eigenvalue weighted by Crippen LogP contribution is -2.23. The number of benzene rings is 1. The van der Waals surface area contributed by atoms with Gasteiger partial charge >= 0.3 is 0 Å². The molecule has 0 spiro atoms. The fourth-order valence-corrected chi connectivity index (χ4v) is 2.41. The number of carbonyl (C=O) groups is 1. The van der Waals surface area contributed by atoms with Crippen molar-refractivity contribution in [1.29, 1.82) is 0 Å². The van der Waals surface area contributed by atoms with Crippen molar-refractivity contribution in [2.24, 2.45) is 0 Å². The summed E-state index contributed by atoms with van der Waals surface area (Å²) in [5.74, 6) is 1.56. The predicted octanol–water partition coefficient (Wildman–Crippen LogP) is 1.79. The molecule has 2 rings (SSSR count). The molecule has 0 unspecified atom stereocenters. The molecule has 146 valence electrons. The first-order chi connectivity index (χ1) is 13.0. The zero-order chi connectivity index (χ0) is 19.6. The van der Waals surface area contributed by atoms with E-state index in [1.807, 2.05) is 26.2 Å². The van der Waals surface area contributed by atoms with Crippen LogP contribution < -0.4 is 20.1 Å². The Morgan fingerprint density at radius 2 is 1.81 bits per heavy atom. The maximum Gasteiger partial charge on any atom is 0.254 e. The lowest BCUT2D eigenvalue weighted by atomic mass is 10.2. The van der Waals surface area contributed by atoms with Gasteiger partial charge in [-0.05, 0) is 44.8 Å². The van der Waals surface area contributed by atoms with Gasteiger partial charge in [-0.15, -0.1) is 0 Å². The number of nitrogens with zero attached hydrogens (tertiary/aromatic N) is 3. The zero-order valence-corrected chi connectivity index (χ0v) is 16.3. The van der Waals surface area contributed by atoms with Crippen molar-refractivity contribution in [2.75, 3.05) is 46.7 Å². The molecule has 1 heterocycles. The molecule has 0 saturated carbocycles. The summed E-state index contributed by atoms with van der Waals surface area (Å²) in [5.41, 5.74) is 1.32. The van der Waals surface area contributed by atoms with Gasteiger partial charge in [-0.3, -0.25) is 4.79 Å². The van der Waals surface area contributed by atoms with E-state index in [1.54, 1.807) is 20.3 Å². The highest BCUT2D eigenvalue weighted by atomic mass is 16.5. The number of amides is 1. The molecule has 1 aromatic heterocycles. The van der Waals surface area contributed by atoms with E-state index in [1.165, 1.54) is 12.4 Å². The molecule has 27 heavy (non-hydrogen) atoms. The molecule has 0 bridgehead atoms. The van der Waals surface area contributed by atoms with Crippen LogP contribution in [-0.4, -0.2) is 62.2 Å². The Bertz CT molecular complexity index is 735. The van der Waals surface area contributed by atoms with Gasteiger partial charge in [-0.25, -0.2) is 9.97 Å². The average molecular weight is 373 g/mol. The fourth-order valence-electron chi connectivity index (χ4n) is 2.41. The van der Waals surface area contributed by atoms with Crippen LogP contribution in [0.4, 0.5) is 5.95 Å². The van der Waals surface area contributed by atoms with Crippen molar-refractivity contribution in [3.05, 3.63) is 41.7 Å². The van der Waals surface area contributed by atoms with E-state index in [9.17, 15) is 4.79 Å². The molecule has 0 aliphatic rings. The molecule has 2 aromatic rings. The van der Waals surface area contributed by atoms with Crippen molar-refractivity contribution >= 4 is 11.9 Å². The summed E-state index contributed by atoms with van der Waals surface area (Å²) in [6, 6.07) is 5.51. The number of methoxy groups -OCH3 is 2. The minimum Gasteiger partial charge on any atom is -0.493 e. The normalized spacial score (nSPS) is 10.6. The lowest BCUT2D eigenvalue weighted by Gasteiger charge is -2.11. The first kappa shape index (κ1) is 20.4. The fraction of sp³-hybridized carbons (Fsp3) is 0.421. The van der Waals surface area contributed by atoms with Gasteiger partial charge in [0.2, 0.25) is 5.95 Å². The zero-order valence-electron chi connectivity index (χ0n) is 16.3. The molecule has 1 amide bonds. The Balaban J connectivity index is 1.85. The summed E-state index contributed by atoms with van der Waals surface area (Å²) in [4.78, 5) is 22.8. The van der Waals surface area contributed by atoms with Crippen LogP contribution in [-0.2, 0) is 6.54 Å². The minimum atomic E-state index is -0.232. The minimum absolute atomic E-state index is 0.232. The first-order valence-electron chi connectivity index (χ1n) is 8.73. The van der Waals surface area contributed by atoms with E-state index in [4.69, 9.17) is 9.47 Å². The van der Waals surface area contributed by atoms with Crippen molar-refractivity contribution in [1.82, 2.24) is 20.2 Å². The van der Waals surface area contributed by atoms with Gasteiger partial charge in [0.25, 0.3) is 5.91 Å². The number of hydrogen-bond donors (Lipinski definition) is 2. The molecule has 0 aliphatic carbocycles. The van der Waals surface area contributed by atoms with Crippen molar-refractivity contribution in [2.45, 2.75) is 13.0 Å². The van der Waals surface area contributed by atoms with Crippen LogP contribution in [0.1, 0.15) is 22.3 Å². The van der Waals surface area contributed by atoms with Gasteiger partial charge in [0, 0.05) is 25.5 Å². The first-order valence-corrected chi connectivity index (χ1v) is 8.73. The summed E-state index contributed by atoms with van der Waals surface area (Å²) in [6.07, 6.45) is 4.03. The van der Waals surface area contributed by atoms with Crippen LogP contribution in [0.5, 0.6) is 11.5 Å². The van der Waals surface area contributed by atoms with Crippen LogP contribution in [0, 0.1) is 0 Å². The molecule has 8 nitrogen and oxygen atoms in total. The second-order valence-corrected chi connectivity index (χ2v) is 6.25. The summed E-state index contributed by atoms with van der Waals surface area (Å²) in [6.45, 7) is 2.14. The highest BCUT2D eigenvalue weighted by Crippen LogP contribution is 2.27. The van der Waals surface area contributed by atoms with E-state index in [0.717, 1.165) is 25.1 Å². The van der Waals surface area contributed by atoms with E-state index in [2.05, 4.69) is 25.5 Å². The van der Waals surface area contributed by atoms with E-state index < -0.39 is 0 Å². The molecular formula is C19H27N5O3. The number of hydrogen-bond acceptors (Lipinski definition) is 7. The van der Waals surface area contributed by atoms with Crippen molar-refractivity contribution < 1.29 is 14.3 Å². The number of carbonyl (C=O) groups excluding carboxylic acids is 1.